The molecule has 0 saturated carbocycles. The third-order valence-corrected chi connectivity index (χ3v) is 2.08. The van der Waals surface area contributed by atoms with Gasteiger partial charge in [-0.1, -0.05) is 0 Å². The van der Waals surface area contributed by atoms with E-state index in [1.54, 1.807) is 6.07 Å². The molecule has 0 atom stereocenters. The summed E-state index contributed by atoms with van der Waals surface area (Å²) in [6, 6.07) is 4.51. The van der Waals surface area contributed by atoms with Gasteiger partial charge in [0.15, 0.2) is 0 Å². The standard InChI is InChI=1S/C8H8FIO/c1-2-11-8-5-6(9)3-4-7(8)10/h3-5H,2H2,1H3. The number of benzene rings is 1. The molecule has 1 aromatic rings. The summed E-state index contributed by atoms with van der Waals surface area (Å²) in [4.78, 5) is 0. The zero-order valence-electron chi connectivity index (χ0n) is 6.10. The van der Waals surface area contributed by atoms with Crippen molar-refractivity contribution in [2.45, 2.75) is 6.92 Å². The van der Waals surface area contributed by atoms with Crippen molar-refractivity contribution in [3.05, 3.63) is 27.6 Å². The minimum Gasteiger partial charge on any atom is -0.493 e. The molecule has 0 aliphatic carbocycles. The van der Waals surface area contributed by atoms with Gasteiger partial charge in [0.05, 0.1) is 10.2 Å². The maximum atomic E-state index is 12.6. The Labute approximate surface area is 78.7 Å². The highest BCUT2D eigenvalue weighted by molar-refractivity contribution is 14.1. The lowest BCUT2D eigenvalue weighted by molar-refractivity contribution is 0.336. The van der Waals surface area contributed by atoms with Crippen LogP contribution in [0.1, 0.15) is 6.92 Å². The molecule has 0 radical (unpaired) electrons. The van der Waals surface area contributed by atoms with Crippen molar-refractivity contribution in [3.8, 4) is 5.75 Å². The van der Waals surface area contributed by atoms with Crippen molar-refractivity contribution in [3.63, 3.8) is 0 Å². The maximum absolute atomic E-state index is 12.6. The molecule has 0 aliphatic heterocycles. The molecule has 1 nitrogen and oxygen atoms in total. The van der Waals surface area contributed by atoms with E-state index in [4.69, 9.17) is 4.74 Å². The fraction of sp³-hybridized carbons (Fsp3) is 0.250. The summed E-state index contributed by atoms with van der Waals surface area (Å²) in [5.41, 5.74) is 0. The Kier molecular flexibility index (Phi) is 3.11. The Hall–Kier alpha value is -0.320. The average Bonchev–Trinajstić information content (AvgIpc) is 1.98. The largest absolute Gasteiger partial charge is 0.493 e. The fourth-order valence-corrected chi connectivity index (χ4v) is 1.23. The normalized spacial score (nSPS) is 9.73. The maximum Gasteiger partial charge on any atom is 0.135 e. The van der Waals surface area contributed by atoms with Crippen molar-refractivity contribution in [1.82, 2.24) is 0 Å². The van der Waals surface area contributed by atoms with Crippen molar-refractivity contribution < 1.29 is 9.13 Å². The first-order chi connectivity index (χ1) is 5.24. The van der Waals surface area contributed by atoms with E-state index < -0.39 is 0 Å². The Bertz CT molecular complexity index is 250. The van der Waals surface area contributed by atoms with Crippen LogP contribution in [0.15, 0.2) is 18.2 Å². The summed E-state index contributed by atoms with van der Waals surface area (Å²) in [5.74, 6) is 0.363. The van der Waals surface area contributed by atoms with Crippen molar-refractivity contribution >= 4 is 22.6 Å². The molecule has 11 heavy (non-hydrogen) atoms. The molecular weight excluding hydrogens is 258 g/mol. The molecule has 60 valence electrons. The molecule has 1 aromatic carbocycles. The lowest BCUT2D eigenvalue weighted by Crippen LogP contribution is -1.94. The number of hydrogen-bond acceptors (Lipinski definition) is 1. The molecule has 0 spiro atoms. The smallest absolute Gasteiger partial charge is 0.135 e. The van der Waals surface area contributed by atoms with Gasteiger partial charge in [0.1, 0.15) is 11.6 Å². The molecule has 3 heteroatoms. The van der Waals surface area contributed by atoms with E-state index in [-0.39, 0.29) is 5.82 Å². The Morgan fingerprint density at radius 2 is 2.27 bits per heavy atom. The van der Waals surface area contributed by atoms with Gasteiger partial charge in [-0.3, -0.25) is 0 Å². The third kappa shape index (κ3) is 2.32. The van der Waals surface area contributed by atoms with Crippen LogP contribution in [0.4, 0.5) is 4.39 Å². The van der Waals surface area contributed by atoms with Gasteiger partial charge in [-0.05, 0) is 41.6 Å². The van der Waals surface area contributed by atoms with E-state index in [2.05, 4.69) is 22.6 Å². The third-order valence-electron chi connectivity index (χ3n) is 1.19. The minimum atomic E-state index is -0.256. The summed E-state index contributed by atoms with van der Waals surface area (Å²) < 4.78 is 18.7. The van der Waals surface area contributed by atoms with Gasteiger partial charge >= 0.3 is 0 Å². The predicted octanol–water partition coefficient (Wildman–Crippen LogP) is 2.83. The molecule has 1 rings (SSSR count). The number of rotatable bonds is 2. The van der Waals surface area contributed by atoms with Gasteiger partial charge in [-0.2, -0.15) is 0 Å². The van der Waals surface area contributed by atoms with E-state index in [9.17, 15) is 4.39 Å². The van der Waals surface area contributed by atoms with Crippen molar-refractivity contribution in [1.29, 1.82) is 0 Å². The zero-order chi connectivity index (χ0) is 8.27. The first kappa shape index (κ1) is 8.77. The average molecular weight is 266 g/mol. The van der Waals surface area contributed by atoms with E-state index in [0.29, 0.717) is 12.4 Å². The summed E-state index contributed by atoms with van der Waals surface area (Å²) in [7, 11) is 0. The SMILES string of the molecule is CCOc1cc(F)ccc1I. The fourth-order valence-electron chi connectivity index (χ4n) is 0.743. The predicted molar refractivity (Wildman–Crippen MR) is 50.3 cm³/mol. The first-order valence-electron chi connectivity index (χ1n) is 3.32. The highest BCUT2D eigenvalue weighted by Crippen LogP contribution is 2.21. The van der Waals surface area contributed by atoms with Crippen LogP contribution >= 0.6 is 22.6 Å². The van der Waals surface area contributed by atoms with Crippen molar-refractivity contribution in [2.75, 3.05) is 6.61 Å². The summed E-state index contributed by atoms with van der Waals surface area (Å²) in [5, 5.41) is 0. The van der Waals surface area contributed by atoms with Crippen LogP contribution in [0, 0.1) is 9.39 Å². The molecule has 0 heterocycles. The van der Waals surface area contributed by atoms with Crippen LogP contribution in [0.2, 0.25) is 0 Å². The molecule has 0 saturated heterocycles. The molecule has 0 N–H and O–H groups in total. The second-order valence-electron chi connectivity index (χ2n) is 2.01. The number of ether oxygens (including phenoxy) is 1. The molecule has 0 aliphatic rings. The van der Waals surface area contributed by atoms with Gasteiger partial charge in [0.25, 0.3) is 0 Å². The van der Waals surface area contributed by atoms with E-state index in [1.165, 1.54) is 12.1 Å². The highest BCUT2D eigenvalue weighted by Gasteiger charge is 2.00. The van der Waals surface area contributed by atoms with E-state index >= 15 is 0 Å². The minimum absolute atomic E-state index is 0.256. The van der Waals surface area contributed by atoms with Crippen LogP contribution in [0.3, 0.4) is 0 Å². The first-order valence-corrected chi connectivity index (χ1v) is 4.39. The van der Waals surface area contributed by atoms with Crippen LogP contribution in [-0.2, 0) is 0 Å². The lowest BCUT2D eigenvalue weighted by Gasteiger charge is -2.04. The van der Waals surface area contributed by atoms with Gasteiger partial charge < -0.3 is 4.74 Å². The molecule has 0 bridgehead atoms. The van der Waals surface area contributed by atoms with E-state index in [1.807, 2.05) is 6.92 Å². The van der Waals surface area contributed by atoms with Crippen LogP contribution < -0.4 is 4.74 Å². The Balaban J connectivity index is 2.93. The monoisotopic (exact) mass is 266 g/mol. The highest BCUT2D eigenvalue weighted by atomic mass is 127. The van der Waals surface area contributed by atoms with Gasteiger partial charge in [-0.25, -0.2) is 4.39 Å². The zero-order valence-corrected chi connectivity index (χ0v) is 8.26. The lowest BCUT2D eigenvalue weighted by atomic mass is 10.3. The molecule has 0 amide bonds. The Morgan fingerprint density at radius 3 is 2.91 bits per heavy atom. The topological polar surface area (TPSA) is 9.23 Å². The van der Waals surface area contributed by atoms with Crippen LogP contribution in [0.5, 0.6) is 5.75 Å². The molecule has 0 unspecified atom stereocenters. The van der Waals surface area contributed by atoms with Crippen LogP contribution in [0.25, 0.3) is 0 Å². The Morgan fingerprint density at radius 1 is 1.55 bits per heavy atom. The second kappa shape index (κ2) is 3.90. The number of hydrogen-bond donors (Lipinski definition) is 0. The summed E-state index contributed by atoms with van der Waals surface area (Å²) >= 11 is 2.11. The quantitative estimate of drug-likeness (QED) is 0.748. The number of halogens is 2. The van der Waals surface area contributed by atoms with Crippen molar-refractivity contribution in [2.24, 2.45) is 0 Å². The van der Waals surface area contributed by atoms with Crippen LogP contribution in [-0.4, -0.2) is 6.61 Å². The summed E-state index contributed by atoms with van der Waals surface area (Å²) in [6.07, 6.45) is 0. The molecular formula is C8H8FIO. The second-order valence-corrected chi connectivity index (χ2v) is 3.17. The molecule has 0 aromatic heterocycles. The van der Waals surface area contributed by atoms with Gasteiger partial charge in [0.2, 0.25) is 0 Å². The van der Waals surface area contributed by atoms with Gasteiger partial charge in [0, 0.05) is 6.07 Å². The van der Waals surface area contributed by atoms with E-state index in [0.717, 1.165) is 3.57 Å². The van der Waals surface area contributed by atoms with Gasteiger partial charge in [-0.15, -0.1) is 0 Å². The molecule has 0 fully saturated rings. The summed E-state index contributed by atoms with van der Waals surface area (Å²) in [6.45, 7) is 2.44.